The zero-order chi connectivity index (χ0) is 13.0. The standard InChI is InChI=1S/C14H21FN2O/c1-12-3-4-13(15)14(11-12)18-10-9-17-7-5-16(2)6-8-17/h3-4,11H,5-10H2,1-2H3. The molecule has 4 heteroatoms. The summed E-state index contributed by atoms with van der Waals surface area (Å²) in [6, 6.07) is 4.96. The molecule has 1 aromatic rings. The van der Waals surface area contributed by atoms with Crippen molar-refractivity contribution in [2.75, 3.05) is 46.4 Å². The molecule has 1 aromatic carbocycles. The van der Waals surface area contributed by atoms with Gasteiger partial charge in [-0.05, 0) is 31.7 Å². The Balaban J connectivity index is 1.76. The molecule has 0 aromatic heterocycles. The molecule has 18 heavy (non-hydrogen) atoms. The predicted octanol–water partition coefficient (Wildman–Crippen LogP) is 1.76. The van der Waals surface area contributed by atoms with Crippen LogP contribution >= 0.6 is 0 Å². The maximum atomic E-state index is 13.4. The molecule has 0 unspecified atom stereocenters. The van der Waals surface area contributed by atoms with Crippen LogP contribution in [0, 0.1) is 12.7 Å². The summed E-state index contributed by atoms with van der Waals surface area (Å²) in [5.41, 5.74) is 1.02. The van der Waals surface area contributed by atoms with E-state index in [1.165, 1.54) is 6.07 Å². The molecule has 0 aliphatic carbocycles. The number of likely N-dealkylation sites (N-methyl/N-ethyl adjacent to an activating group) is 1. The highest BCUT2D eigenvalue weighted by Gasteiger charge is 2.13. The average Bonchev–Trinajstić information content (AvgIpc) is 2.36. The fourth-order valence-corrected chi connectivity index (χ4v) is 2.08. The summed E-state index contributed by atoms with van der Waals surface area (Å²) < 4.78 is 19.0. The lowest BCUT2D eigenvalue weighted by atomic mass is 10.2. The maximum absolute atomic E-state index is 13.4. The van der Waals surface area contributed by atoms with Gasteiger partial charge in [0.2, 0.25) is 0 Å². The number of piperazine rings is 1. The monoisotopic (exact) mass is 252 g/mol. The highest BCUT2D eigenvalue weighted by molar-refractivity contribution is 5.29. The second-order valence-corrected chi connectivity index (χ2v) is 4.93. The van der Waals surface area contributed by atoms with E-state index in [2.05, 4.69) is 16.8 Å². The van der Waals surface area contributed by atoms with Crippen molar-refractivity contribution >= 4 is 0 Å². The van der Waals surface area contributed by atoms with E-state index in [0.29, 0.717) is 12.4 Å². The number of ether oxygens (including phenoxy) is 1. The molecule has 2 rings (SSSR count). The van der Waals surface area contributed by atoms with Gasteiger partial charge < -0.3 is 9.64 Å². The van der Waals surface area contributed by atoms with Gasteiger partial charge >= 0.3 is 0 Å². The SMILES string of the molecule is Cc1ccc(F)c(OCCN2CCN(C)CC2)c1. The van der Waals surface area contributed by atoms with E-state index in [-0.39, 0.29) is 5.82 Å². The molecule has 0 bridgehead atoms. The van der Waals surface area contributed by atoms with Gasteiger partial charge in [0.1, 0.15) is 6.61 Å². The van der Waals surface area contributed by atoms with Gasteiger partial charge in [-0.3, -0.25) is 4.90 Å². The van der Waals surface area contributed by atoms with Crippen molar-refractivity contribution in [3.05, 3.63) is 29.6 Å². The third-order valence-corrected chi connectivity index (χ3v) is 3.35. The van der Waals surface area contributed by atoms with Crippen LogP contribution in [0.1, 0.15) is 5.56 Å². The van der Waals surface area contributed by atoms with Gasteiger partial charge in [0.25, 0.3) is 0 Å². The Morgan fingerprint density at radius 3 is 2.67 bits per heavy atom. The Labute approximate surface area is 108 Å². The molecule has 0 saturated carbocycles. The average molecular weight is 252 g/mol. The van der Waals surface area contributed by atoms with Crippen molar-refractivity contribution < 1.29 is 9.13 Å². The molecule has 1 aliphatic rings. The Hall–Kier alpha value is -1.13. The molecule has 0 N–H and O–H groups in total. The van der Waals surface area contributed by atoms with Gasteiger partial charge in [-0.2, -0.15) is 0 Å². The first-order chi connectivity index (χ1) is 8.65. The van der Waals surface area contributed by atoms with Crippen molar-refractivity contribution in [2.24, 2.45) is 0 Å². The van der Waals surface area contributed by atoms with Gasteiger partial charge in [0.15, 0.2) is 11.6 Å². The molecule has 100 valence electrons. The number of benzene rings is 1. The Bertz CT molecular complexity index is 389. The molecule has 0 radical (unpaired) electrons. The van der Waals surface area contributed by atoms with Crippen LogP contribution < -0.4 is 4.74 Å². The molecule has 3 nitrogen and oxygen atoms in total. The van der Waals surface area contributed by atoms with E-state index in [0.717, 1.165) is 38.3 Å². The van der Waals surface area contributed by atoms with Gasteiger partial charge in [0, 0.05) is 32.7 Å². The van der Waals surface area contributed by atoms with E-state index in [1.807, 2.05) is 6.92 Å². The summed E-state index contributed by atoms with van der Waals surface area (Å²) in [6.07, 6.45) is 0. The lowest BCUT2D eigenvalue weighted by molar-refractivity contribution is 0.132. The van der Waals surface area contributed by atoms with E-state index in [1.54, 1.807) is 12.1 Å². The minimum Gasteiger partial charge on any atom is -0.489 e. The largest absolute Gasteiger partial charge is 0.489 e. The molecular weight excluding hydrogens is 231 g/mol. The van der Waals surface area contributed by atoms with Crippen molar-refractivity contribution in [2.45, 2.75) is 6.92 Å². The zero-order valence-corrected chi connectivity index (χ0v) is 11.2. The fraction of sp³-hybridized carbons (Fsp3) is 0.571. The Kier molecular flexibility index (Phi) is 4.55. The molecule has 0 atom stereocenters. The number of aryl methyl sites for hydroxylation is 1. The van der Waals surface area contributed by atoms with Crippen molar-refractivity contribution in [1.29, 1.82) is 0 Å². The fourth-order valence-electron chi connectivity index (χ4n) is 2.08. The number of nitrogens with zero attached hydrogens (tertiary/aromatic N) is 2. The van der Waals surface area contributed by atoms with Crippen LogP contribution in [0.5, 0.6) is 5.75 Å². The van der Waals surface area contributed by atoms with Gasteiger partial charge in [-0.25, -0.2) is 4.39 Å². The minimum atomic E-state index is -0.279. The van der Waals surface area contributed by atoms with Gasteiger partial charge in [0.05, 0.1) is 0 Å². The first-order valence-electron chi connectivity index (χ1n) is 6.45. The van der Waals surface area contributed by atoms with Crippen LogP contribution in [0.4, 0.5) is 4.39 Å². The first-order valence-corrected chi connectivity index (χ1v) is 6.45. The maximum Gasteiger partial charge on any atom is 0.165 e. The van der Waals surface area contributed by atoms with Crippen LogP contribution in [-0.2, 0) is 0 Å². The van der Waals surface area contributed by atoms with Crippen LogP contribution in [-0.4, -0.2) is 56.2 Å². The highest BCUT2D eigenvalue weighted by Crippen LogP contribution is 2.18. The van der Waals surface area contributed by atoms with E-state index < -0.39 is 0 Å². The van der Waals surface area contributed by atoms with Crippen molar-refractivity contribution in [3.63, 3.8) is 0 Å². The van der Waals surface area contributed by atoms with Crippen LogP contribution in [0.25, 0.3) is 0 Å². The molecule has 0 amide bonds. The smallest absolute Gasteiger partial charge is 0.165 e. The number of hydrogen-bond donors (Lipinski definition) is 0. The highest BCUT2D eigenvalue weighted by atomic mass is 19.1. The molecule has 1 heterocycles. The second kappa shape index (κ2) is 6.16. The first kappa shape index (κ1) is 13.3. The van der Waals surface area contributed by atoms with Crippen molar-refractivity contribution in [3.8, 4) is 5.75 Å². The Morgan fingerprint density at radius 2 is 1.94 bits per heavy atom. The summed E-state index contributed by atoms with van der Waals surface area (Å²) in [6.45, 7) is 7.67. The summed E-state index contributed by atoms with van der Waals surface area (Å²) in [4.78, 5) is 4.67. The summed E-state index contributed by atoms with van der Waals surface area (Å²) in [7, 11) is 2.13. The van der Waals surface area contributed by atoms with Crippen molar-refractivity contribution in [1.82, 2.24) is 9.80 Å². The zero-order valence-electron chi connectivity index (χ0n) is 11.2. The third kappa shape index (κ3) is 3.68. The van der Waals surface area contributed by atoms with E-state index in [4.69, 9.17) is 4.74 Å². The Morgan fingerprint density at radius 1 is 1.22 bits per heavy atom. The van der Waals surface area contributed by atoms with Crippen LogP contribution in [0.3, 0.4) is 0 Å². The van der Waals surface area contributed by atoms with Crippen LogP contribution in [0.15, 0.2) is 18.2 Å². The van der Waals surface area contributed by atoms with Gasteiger partial charge in [-0.1, -0.05) is 6.07 Å². The molecular formula is C14H21FN2O. The predicted molar refractivity (Wildman–Crippen MR) is 70.6 cm³/mol. The van der Waals surface area contributed by atoms with Gasteiger partial charge in [-0.15, -0.1) is 0 Å². The van der Waals surface area contributed by atoms with E-state index in [9.17, 15) is 4.39 Å². The quantitative estimate of drug-likeness (QED) is 0.812. The normalized spacial score (nSPS) is 17.9. The molecule has 1 aliphatic heterocycles. The third-order valence-electron chi connectivity index (χ3n) is 3.35. The van der Waals surface area contributed by atoms with E-state index >= 15 is 0 Å². The lowest BCUT2D eigenvalue weighted by Gasteiger charge is -2.32. The number of rotatable bonds is 4. The number of halogens is 1. The molecule has 0 spiro atoms. The summed E-state index contributed by atoms with van der Waals surface area (Å²) >= 11 is 0. The lowest BCUT2D eigenvalue weighted by Crippen LogP contribution is -2.45. The number of hydrogen-bond acceptors (Lipinski definition) is 3. The summed E-state index contributed by atoms with van der Waals surface area (Å²) in [5.74, 6) is 0.0862. The second-order valence-electron chi connectivity index (χ2n) is 4.93. The molecule has 1 fully saturated rings. The summed E-state index contributed by atoms with van der Waals surface area (Å²) in [5, 5.41) is 0. The van der Waals surface area contributed by atoms with Crippen LogP contribution in [0.2, 0.25) is 0 Å². The topological polar surface area (TPSA) is 15.7 Å². The minimum absolute atomic E-state index is 0.279. The molecule has 1 saturated heterocycles.